The van der Waals surface area contributed by atoms with Gasteiger partial charge in [-0.25, -0.2) is 0 Å². The normalized spacial score (nSPS) is 34.9. The van der Waals surface area contributed by atoms with E-state index in [-0.39, 0.29) is 25.3 Å². The minimum Gasteiger partial charge on any atom is -0.381 e. The molecule has 2 aliphatic rings. The van der Waals surface area contributed by atoms with Gasteiger partial charge in [-0.05, 0) is 6.42 Å². The maximum Gasteiger partial charge on any atom is 0.188 e. The van der Waals surface area contributed by atoms with Crippen LogP contribution in [0.1, 0.15) is 6.42 Å². The summed E-state index contributed by atoms with van der Waals surface area (Å²) in [6.45, 7) is 5.17. The zero-order chi connectivity index (χ0) is 11.4. The van der Waals surface area contributed by atoms with Crippen molar-refractivity contribution in [3.63, 3.8) is 0 Å². The van der Waals surface area contributed by atoms with Crippen molar-refractivity contribution in [1.29, 1.82) is 0 Å². The van der Waals surface area contributed by atoms with Gasteiger partial charge in [-0.2, -0.15) is 0 Å². The molecule has 4 unspecified atom stereocenters. The predicted molar refractivity (Wildman–Crippen MR) is 55.7 cm³/mol. The van der Waals surface area contributed by atoms with Crippen molar-refractivity contribution in [2.75, 3.05) is 26.6 Å². The molecule has 2 saturated heterocycles. The van der Waals surface area contributed by atoms with Crippen LogP contribution in [0, 0.1) is 5.92 Å². The topological polar surface area (TPSA) is 60.5 Å². The molecular formula is C11H18O5. The van der Waals surface area contributed by atoms with E-state index in [9.17, 15) is 0 Å². The molecule has 2 aliphatic heterocycles. The van der Waals surface area contributed by atoms with Gasteiger partial charge in [-0.3, -0.25) is 0 Å². The van der Waals surface area contributed by atoms with E-state index in [0.717, 1.165) is 13.0 Å². The second-order valence-electron chi connectivity index (χ2n) is 4.00. The SMILES string of the molecule is C=CC1OC1OC(COCO)C1CCOC1. The van der Waals surface area contributed by atoms with E-state index in [1.807, 2.05) is 0 Å². The van der Waals surface area contributed by atoms with Crippen LogP contribution < -0.4 is 0 Å². The van der Waals surface area contributed by atoms with Crippen molar-refractivity contribution in [3.8, 4) is 0 Å². The number of rotatable bonds is 7. The highest BCUT2D eigenvalue weighted by Gasteiger charge is 2.41. The lowest BCUT2D eigenvalue weighted by Crippen LogP contribution is -2.31. The molecule has 5 heteroatoms. The third-order valence-electron chi connectivity index (χ3n) is 2.89. The quantitative estimate of drug-likeness (QED) is 0.387. The first-order valence-corrected chi connectivity index (χ1v) is 5.55. The van der Waals surface area contributed by atoms with Crippen LogP contribution >= 0.6 is 0 Å². The van der Waals surface area contributed by atoms with Gasteiger partial charge in [-0.15, -0.1) is 6.58 Å². The number of hydrogen-bond donors (Lipinski definition) is 1. The lowest BCUT2D eigenvalue weighted by molar-refractivity contribution is -0.106. The van der Waals surface area contributed by atoms with Gasteiger partial charge >= 0.3 is 0 Å². The summed E-state index contributed by atoms with van der Waals surface area (Å²) >= 11 is 0. The average Bonchev–Trinajstić information content (AvgIpc) is 2.83. The third kappa shape index (κ3) is 3.02. The van der Waals surface area contributed by atoms with E-state index in [2.05, 4.69) is 6.58 Å². The molecule has 0 aliphatic carbocycles. The molecule has 0 aromatic heterocycles. The fraction of sp³-hybridized carbons (Fsp3) is 0.818. The highest BCUT2D eigenvalue weighted by Crippen LogP contribution is 2.29. The summed E-state index contributed by atoms with van der Waals surface area (Å²) in [7, 11) is 0. The van der Waals surface area contributed by atoms with Crippen LogP contribution in [-0.4, -0.2) is 50.2 Å². The van der Waals surface area contributed by atoms with Crippen molar-refractivity contribution in [3.05, 3.63) is 12.7 Å². The molecule has 2 fully saturated rings. The lowest BCUT2D eigenvalue weighted by atomic mass is 10.0. The molecule has 4 atom stereocenters. The number of hydrogen-bond acceptors (Lipinski definition) is 5. The summed E-state index contributed by atoms with van der Waals surface area (Å²) in [5, 5.41) is 8.65. The summed E-state index contributed by atoms with van der Waals surface area (Å²) in [4.78, 5) is 0. The van der Waals surface area contributed by atoms with Crippen LogP contribution in [0.5, 0.6) is 0 Å². The van der Waals surface area contributed by atoms with Crippen molar-refractivity contribution in [2.45, 2.75) is 24.9 Å². The second kappa shape index (κ2) is 5.75. The summed E-state index contributed by atoms with van der Waals surface area (Å²) in [6.07, 6.45) is 2.40. The van der Waals surface area contributed by atoms with Gasteiger partial charge in [-0.1, -0.05) is 6.08 Å². The molecule has 0 radical (unpaired) electrons. The van der Waals surface area contributed by atoms with Gasteiger partial charge < -0.3 is 24.1 Å². The maximum atomic E-state index is 8.65. The van der Waals surface area contributed by atoms with Crippen molar-refractivity contribution < 1.29 is 24.1 Å². The van der Waals surface area contributed by atoms with E-state index in [4.69, 9.17) is 24.1 Å². The zero-order valence-corrected chi connectivity index (χ0v) is 9.21. The third-order valence-corrected chi connectivity index (χ3v) is 2.89. The van der Waals surface area contributed by atoms with Crippen LogP contribution in [0.4, 0.5) is 0 Å². The highest BCUT2D eigenvalue weighted by atomic mass is 16.8. The van der Waals surface area contributed by atoms with Gasteiger partial charge in [0.1, 0.15) is 12.9 Å². The molecule has 1 N–H and O–H groups in total. The van der Waals surface area contributed by atoms with Crippen LogP contribution in [0.3, 0.4) is 0 Å². The van der Waals surface area contributed by atoms with E-state index in [0.29, 0.717) is 19.1 Å². The Morgan fingerprint density at radius 1 is 1.56 bits per heavy atom. The number of aliphatic hydroxyl groups excluding tert-OH is 1. The number of ether oxygens (including phenoxy) is 4. The Hall–Kier alpha value is -0.460. The number of aliphatic hydroxyl groups is 1. The van der Waals surface area contributed by atoms with Crippen molar-refractivity contribution >= 4 is 0 Å². The molecule has 2 heterocycles. The molecule has 0 bridgehead atoms. The molecule has 2 rings (SSSR count). The van der Waals surface area contributed by atoms with Gasteiger partial charge in [0, 0.05) is 12.5 Å². The minimum atomic E-state index is -0.288. The Labute approximate surface area is 94.9 Å². The maximum absolute atomic E-state index is 8.65. The fourth-order valence-corrected chi connectivity index (χ4v) is 1.86. The first-order valence-electron chi connectivity index (χ1n) is 5.55. The molecule has 0 aromatic rings. The Kier molecular flexibility index (Phi) is 4.31. The summed E-state index contributed by atoms with van der Waals surface area (Å²) in [6, 6.07) is 0. The van der Waals surface area contributed by atoms with Crippen molar-refractivity contribution in [2.24, 2.45) is 5.92 Å². The first-order chi connectivity index (χ1) is 7.85. The Morgan fingerprint density at radius 2 is 2.44 bits per heavy atom. The zero-order valence-electron chi connectivity index (χ0n) is 9.21. The molecular weight excluding hydrogens is 212 g/mol. The Morgan fingerprint density at radius 3 is 3.00 bits per heavy atom. The molecule has 5 nitrogen and oxygen atoms in total. The summed E-state index contributed by atoms with van der Waals surface area (Å²) < 4.78 is 21.3. The molecule has 0 spiro atoms. The van der Waals surface area contributed by atoms with Gasteiger partial charge in [0.05, 0.1) is 19.3 Å². The highest BCUT2D eigenvalue weighted by molar-refractivity contribution is 4.94. The van der Waals surface area contributed by atoms with E-state index >= 15 is 0 Å². The minimum absolute atomic E-state index is 0.000974. The lowest BCUT2D eigenvalue weighted by Gasteiger charge is -2.21. The van der Waals surface area contributed by atoms with Gasteiger partial charge in [0.15, 0.2) is 6.29 Å². The van der Waals surface area contributed by atoms with Crippen LogP contribution in [0.15, 0.2) is 12.7 Å². The van der Waals surface area contributed by atoms with Crippen LogP contribution in [-0.2, 0) is 18.9 Å². The van der Waals surface area contributed by atoms with Crippen LogP contribution in [0.2, 0.25) is 0 Å². The fourth-order valence-electron chi connectivity index (χ4n) is 1.86. The van der Waals surface area contributed by atoms with Gasteiger partial charge in [0.25, 0.3) is 0 Å². The molecule has 0 amide bonds. The summed E-state index contributed by atoms with van der Waals surface area (Å²) in [5.74, 6) is 0.321. The molecule has 92 valence electrons. The molecule has 0 saturated carbocycles. The monoisotopic (exact) mass is 230 g/mol. The largest absolute Gasteiger partial charge is 0.381 e. The summed E-state index contributed by atoms with van der Waals surface area (Å²) in [5.41, 5.74) is 0. The van der Waals surface area contributed by atoms with E-state index in [1.54, 1.807) is 6.08 Å². The van der Waals surface area contributed by atoms with Crippen LogP contribution in [0.25, 0.3) is 0 Å². The van der Waals surface area contributed by atoms with E-state index < -0.39 is 0 Å². The van der Waals surface area contributed by atoms with Crippen molar-refractivity contribution in [1.82, 2.24) is 0 Å². The molecule has 0 aromatic carbocycles. The predicted octanol–water partition coefficient (Wildman–Crippen LogP) is 0.285. The second-order valence-corrected chi connectivity index (χ2v) is 4.00. The van der Waals surface area contributed by atoms with E-state index in [1.165, 1.54) is 0 Å². The standard InChI is InChI=1S/C11H18O5/c1-2-9-11(15-9)16-10(6-14-7-12)8-3-4-13-5-8/h2,8-12H,1,3-7H2. The smallest absolute Gasteiger partial charge is 0.188 e. The Balaban J connectivity index is 1.79. The Bertz CT molecular complexity index is 226. The molecule has 16 heavy (non-hydrogen) atoms. The number of epoxide rings is 1. The average molecular weight is 230 g/mol. The van der Waals surface area contributed by atoms with Gasteiger partial charge in [0.2, 0.25) is 0 Å². The first kappa shape index (κ1) is 12.0.